The number of rotatable bonds is 20. The maximum atomic E-state index is 6.01. The molecule has 2 aliphatic rings. The summed E-state index contributed by atoms with van der Waals surface area (Å²) < 4.78 is 39.5. The molecule has 7 nitrogen and oxygen atoms in total. The van der Waals surface area contributed by atoms with Gasteiger partial charge in [-0.05, 0) is 87.8 Å². The van der Waals surface area contributed by atoms with Gasteiger partial charge in [0.05, 0.1) is 59.0 Å². The molecule has 38 heavy (non-hydrogen) atoms. The SMILES string of the molecule is COc1cc(-c2ccc(OCCCCC(C)OCC3CO3)cc2)ccc1OCCCCC(C)OCC1CO1. The van der Waals surface area contributed by atoms with Crippen molar-refractivity contribution in [2.75, 3.05) is 46.8 Å². The summed E-state index contributed by atoms with van der Waals surface area (Å²) in [6.07, 6.45) is 7.38. The molecule has 2 fully saturated rings. The molecule has 0 radical (unpaired) electrons. The van der Waals surface area contributed by atoms with Crippen LogP contribution in [0.15, 0.2) is 42.5 Å². The first kappa shape index (κ1) is 28.7. The van der Waals surface area contributed by atoms with Gasteiger partial charge in [-0.2, -0.15) is 0 Å². The predicted octanol–water partition coefficient (Wildman–Crippen LogP) is 6.07. The Morgan fingerprint density at radius 3 is 1.82 bits per heavy atom. The molecule has 0 bridgehead atoms. The van der Waals surface area contributed by atoms with Gasteiger partial charge in [-0.3, -0.25) is 0 Å². The summed E-state index contributed by atoms with van der Waals surface area (Å²) in [6, 6.07) is 14.3. The van der Waals surface area contributed by atoms with E-state index < -0.39 is 0 Å². The Balaban J connectivity index is 1.13. The smallest absolute Gasteiger partial charge is 0.161 e. The minimum Gasteiger partial charge on any atom is -0.494 e. The molecule has 0 amide bonds. The average molecular weight is 529 g/mol. The van der Waals surface area contributed by atoms with Crippen molar-refractivity contribution in [2.24, 2.45) is 0 Å². The van der Waals surface area contributed by atoms with Crippen LogP contribution in [0, 0.1) is 0 Å². The summed E-state index contributed by atoms with van der Waals surface area (Å²) >= 11 is 0. The lowest BCUT2D eigenvalue weighted by atomic mass is 10.0. The van der Waals surface area contributed by atoms with Crippen LogP contribution < -0.4 is 14.2 Å². The van der Waals surface area contributed by atoms with Crippen LogP contribution >= 0.6 is 0 Å². The lowest BCUT2D eigenvalue weighted by Gasteiger charge is -2.14. The Hall–Kier alpha value is -2.32. The molecule has 0 aromatic heterocycles. The first-order valence-corrected chi connectivity index (χ1v) is 14.1. The summed E-state index contributed by atoms with van der Waals surface area (Å²) in [6.45, 7) is 8.73. The second-order valence-electron chi connectivity index (χ2n) is 10.3. The Morgan fingerprint density at radius 2 is 1.26 bits per heavy atom. The van der Waals surface area contributed by atoms with Crippen molar-refractivity contribution in [1.82, 2.24) is 0 Å². The first-order valence-electron chi connectivity index (χ1n) is 14.1. The van der Waals surface area contributed by atoms with Gasteiger partial charge in [0.1, 0.15) is 18.0 Å². The average Bonchev–Trinajstić information content (AvgIpc) is 3.86. The fraction of sp³-hybridized carbons (Fsp3) is 0.613. The molecule has 2 aromatic carbocycles. The molecule has 0 spiro atoms. The van der Waals surface area contributed by atoms with Crippen molar-refractivity contribution in [2.45, 2.75) is 76.8 Å². The lowest BCUT2D eigenvalue weighted by molar-refractivity contribution is 0.0470. The van der Waals surface area contributed by atoms with E-state index in [-0.39, 0.29) is 12.2 Å². The van der Waals surface area contributed by atoms with Crippen LogP contribution in [0.1, 0.15) is 52.4 Å². The molecule has 2 heterocycles. The third-order valence-corrected chi connectivity index (χ3v) is 6.83. The van der Waals surface area contributed by atoms with Crippen molar-refractivity contribution in [3.8, 4) is 28.4 Å². The van der Waals surface area contributed by atoms with Crippen LogP contribution in [-0.2, 0) is 18.9 Å². The number of hydrogen-bond donors (Lipinski definition) is 0. The zero-order valence-electron chi connectivity index (χ0n) is 23.2. The van der Waals surface area contributed by atoms with E-state index >= 15 is 0 Å². The van der Waals surface area contributed by atoms with Crippen molar-refractivity contribution < 1.29 is 33.2 Å². The van der Waals surface area contributed by atoms with E-state index in [9.17, 15) is 0 Å². The van der Waals surface area contributed by atoms with Crippen molar-refractivity contribution in [1.29, 1.82) is 0 Å². The number of methoxy groups -OCH3 is 1. The molecule has 2 aliphatic heterocycles. The quantitative estimate of drug-likeness (QED) is 0.153. The Kier molecular flexibility index (Phi) is 11.6. The number of hydrogen-bond acceptors (Lipinski definition) is 7. The van der Waals surface area contributed by atoms with Gasteiger partial charge in [-0.25, -0.2) is 0 Å². The molecule has 2 aromatic rings. The second-order valence-corrected chi connectivity index (χ2v) is 10.3. The molecule has 4 atom stereocenters. The minimum absolute atomic E-state index is 0.256. The number of epoxide rings is 2. The largest absolute Gasteiger partial charge is 0.494 e. The molecule has 4 unspecified atom stereocenters. The second kappa shape index (κ2) is 15.3. The van der Waals surface area contributed by atoms with Crippen LogP contribution in [0.5, 0.6) is 17.2 Å². The van der Waals surface area contributed by atoms with E-state index in [4.69, 9.17) is 33.2 Å². The highest BCUT2D eigenvalue weighted by atomic mass is 16.6. The van der Waals surface area contributed by atoms with Crippen LogP contribution in [-0.4, -0.2) is 71.2 Å². The van der Waals surface area contributed by atoms with Gasteiger partial charge in [0.15, 0.2) is 11.5 Å². The lowest BCUT2D eigenvalue weighted by Crippen LogP contribution is -2.12. The third kappa shape index (κ3) is 10.4. The van der Waals surface area contributed by atoms with E-state index in [1.807, 2.05) is 24.3 Å². The van der Waals surface area contributed by atoms with E-state index in [2.05, 4.69) is 32.0 Å². The van der Waals surface area contributed by atoms with E-state index in [1.54, 1.807) is 7.11 Å². The Morgan fingerprint density at radius 1 is 0.711 bits per heavy atom. The number of benzene rings is 2. The molecule has 2 saturated heterocycles. The van der Waals surface area contributed by atoms with E-state index in [0.29, 0.717) is 32.0 Å². The molecule has 4 rings (SSSR count). The van der Waals surface area contributed by atoms with Gasteiger partial charge >= 0.3 is 0 Å². The molecular formula is C31H44O7. The fourth-order valence-electron chi connectivity index (χ4n) is 4.19. The summed E-state index contributed by atoms with van der Waals surface area (Å²) in [5.74, 6) is 2.40. The highest BCUT2D eigenvalue weighted by Crippen LogP contribution is 2.33. The van der Waals surface area contributed by atoms with Crippen LogP contribution in [0.25, 0.3) is 11.1 Å². The van der Waals surface area contributed by atoms with Crippen molar-refractivity contribution in [3.05, 3.63) is 42.5 Å². The maximum absolute atomic E-state index is 6.01. The van der Waals surface area contributed by atoms with Gasteiger partial charge in [0.25, 0.3) is 0 Å². The van der Waals surface area contributed by atoms with Gasteiger partial charge in [0, 0.05) is 0 Å². The van der Waals surface area contributed by atoms with Crippen molar-refractivity contribution in [3.63, 3.8) is 0 Å². The van der Waals surface area contributed by atoms with Crippen molar-refractivity contribution >= 4 is 0 Å². The molecule has 210 valence electrons. The Labute approximate surface area is 227 Å². The summed E-state index contributed by atoms with van der Waals surface area (Å²) in [5, 5.41) is 0. The zero-order chi connectivity index (χ0) is 26.6. The van der Waals surface area contributed by atoms with Crippen LogP contribution in [0.4, 0.5) is 0 Å². The zero-order valence-corrected chi connectivity index (χ0v) is 23.2. The third-order valence-electron chi connectivity index (χ3n) is 6.83. The molecule has 0 N–H and O–H groups in total. The summed E-state index contributed by atoms with van der Waals surface area (Å²) in [4.78, 5) is 0. The van der Waals surface area contributed by atoms with Gasteiger partial charge in [-0.15, -0.1) is 0 Å². The standard InChI is InChI=1S/C31H44O7/c1-23(35-19-28-21-37-28)8-4-6-16-33-27-13-10-25(11-14-27)26-12-15-30(31(18-26)32-3)34-17-7-5-9-24(2)36-20-29-22-38-29/h10-15,18,23-24,28-29H,4-9,16-17,19-22H2,1-3H3. The molecular weight excluding hydrogens is 484 g/mol. The van der Waals surface area contributed by atoms with E-state index in [1.165, 1.54) is 0 Å². The monoisotopic (exact) mass is 528 g/mol. The topological polar surface area (TPSA) is 71.2 Å². The first-order chi connectivity index (χ1) is 18.6. The van der Waals surface area contributed by atoms with Gasteiger partial charge in [-0.1, -0.05) is 18.2 Å². The van der Waals surface area contributed by atoms with E-state index in [0.717, 1.165) is 86.7 Å². The number of unbranched alkanes of at least 4 members (excludes halogenated alkanes) is 2. The predicted molar refractivity (Wildman–Crippen MR) is 147 cm³/mol. The summed E-state index contributed by atoms with van der Waals surface area (Å²) in [5.41, 5.74) is 2.19. The highest BCUT2D eigenvalue weighted by molar-refractivity contribution is 5.67. The maximum Gasteiger partial charge on any atom is 0.161 e. The molecule has 0 saturated carbocycles. The van der Waals surface area contributed by atoms with Gasteiger partial charge in [0.2, 0.25) is 0 Å². The highest BCUT2D eigenvalue weighted by Gasteiger charge is 2.24. The minimum atomic E-state index is 0.256. The molecule has 7 heteroatoms. The summed E-state index contributed by atoms with van der Waals surface area (Å²) in [7, 11) is 1.68. The fourth-order valence-corrected chi connectivity index (χ4v) is 4.19. The number of ether oxygens (including phenoxy) is 7. The molecule has 0 aliphatic carbocycles. The van der Waals surface area contributed by atoms with Gasteiger partial charge < -0.3 is 33.2 Å². The normalized spacial score (nSPS) is 19.6. The van der Waals surface area contributed by atoms with Crippen LogP contribution in [0.3, 0.4) is 0 Å². The Bertz CT molecular complexity index is 940. The van der Waals surface area contributed by atoms with Crippen LogP contribution in [0.2, 0.25) is 0 Å².